The number of benzene rings is 2. The summed E-state index contributed by atoms with van der Waals surface area (Å²) >= 11 is 1.64. The van der Waals surface area contributed by atoms with Gasteiger partial charge in [-0.3, -0.25) is 14.6 Å². The molecule has 13 heteroatoms. The Hall–Kier alpha value is -5.53. The number of nitrogens with one attached hydrogen (secondary N) is 1. The molecule has 1 aliphatic carbocycles. The minimum atomic E-state index is -0.368. The zero-order chi connectivity index (χ0) is 35.1. The first-order valence-electron chi connectivity index (χ1n) is 16.9. The van der Waals surface area contributed by atoms with Crippen molar-refractivity contribution >= 4 is 23.2 Å². The second kappa shape index (κ2) is 13.6. The fraction of sp³-hybridized carbons (Fsp3) is 0.263. The van der Waals surface area contributed by atoms with E-state index in [1.54, 1.807) is 51.2 Å². The number of amides is 2. The van der Waals surface area contributed by atoms with Gasteiger partial charge in [0.25, 0.3) is 5.91 Å². The van der Waals surface area contributed by atoms with Crippen molar-refractivity contribution in [2.75, 3.05) is 19.8 Å². The zero-order valence-electron chi connectivity index (χ0n) is 28.1. The number of ether oxygens (including phenoxy) is 1. The molecule has 0 radical (unpaired) electrons. The number of carbonyl (C=O) groups excluding carboxylic acids is 2. The molecule has 0 spiro atoms. The van der Waals surface area contributed by atoms with Gasteiger partial charge in [-0.25, -0.2) is 13.8 Å². The lowest BCUT2D eigenvalue weighted by Crippen LogP contribution is -2.53. The maximum Gasteiger partial charge on any atom is 0.253 e. The third-order valence-electron chi connectivity index (χ3n) is 9.66. The molecule has 2 aromatic carbocycles. The predicted octanol–water partition coefficient (Wildman–Crippen LogP) is 6.11. The van der Waals surface area contributed by atoms with Crippen LogP contribution in [-0.4, -0.2) is 72.3 Å². The van der Waals surface area contributed by atoms with Gasteiger partial charge < -0.3 is 15.0 Å². The molecule has 4 aromatic heterocycles. The van der Waals surface area contributed by atoms with Gasteiger partial charge in [-0.15, -0.1) is 16.4 Å². The molecule has 1 saturated carbocycles. The van der Waals surface area contributed by atoms with E-state index in [-0.39, 0.29) is 35.6 Å². The summed E-state index contributed by atoms with van der Waals surface area (Å²) in [6.07, 6.45) is 6.06. The summed E-state index contributed by atoms with van der Waals surface area (Å²) in [5.41, 5.74) is 5.62. The van der Waals surface area contributed by atoms with Crippen molar-refractivity contribution in [3.63, 3.8) is 0 Å². The molecule has 2 amide bonds. The van der Waals surface area contributed by atoms with Crippen molar-refractivity contribution in [2.24, 2.45) is 5.92 Å². The van der Waals surface area contributed by atoms with Gasteiger partial charge in [0, 0.05) is 40.8 Å². The summed E-state index contributed by atoms with van der Waals surface area (Å²) in [5.74, 6) is -0.830. The van der Waals surface area contributed by atoms with Crippen LogP contribution in [0.2, 0.25) is 0 Å². The highest BCUT2D eigenvalue weighted by Gasteiger charge is 2.42. The third-order valence-corrected chi connectivity index (χ3v) is 10.8. The van der Waals surface area contributed by atoms with Crippen LogP contribution < -0.4 is 5.32 Å². The monoisotopic (exact) mass is 702 g/mol. The van der Waals surface area contributed by atoms with Crippen molar-refractivity contribution in [2.45, 2.75) is 38.8 Å². The number of pyridine rings is 1. The van der Waals surface area contributed by atoms with E-state index in [0.29, 0.717) is 49.5 Å². The number of hydrogen-bond donors (Lipinski definition) is 1. The van der Waals surface area contributed by atoms with Gasteiger partial charge in [0.15, 0.2) is 0 Å². The second-order valence-electron chi connectivity index (χ2n) is 12.9. The lowest BCUT2D eigenvalue weighted by molar-refractivity contribution is -0.148. The zero-order valence-corrected chi connectivity index (χ0v) is 28.9. The molecule has 51 heavy (non-hydrogen) atoms. The number of rotatable bonds is 8. The summed E-state index contributed by atoms with van der Waals surface area (Å²) in [5, 5.41) is 16.4. The van der Waals surface area contributed by atoms with E-state index in [1.807, 2.05) is 49.2 Å². The maximum atomic E-state index is 14.7. The summed E-state index contributed by atoms with van der Waals surface area (Å²) in [7, 11) is 0. The average molecular weight is 703 g/mol. The molecule has 1 aliphatic heterocycles. The van der Waals surface area contributed by atoms with Gasteiger partial charge >= 0.3 is 0 Å². The molecule has 0 bridgehead atoms. The molecule has 1 saturated heterocycles. The largest absolute Gasteiger partial charge is 0.377 e. The molecule has 1 atom stereocenters. The molecule has 5 heterocycles. The lowest BCUT2D eigenvalue weighted by Gasteiger charge is -2.42. The van der Waals surface area contributed by atoms with Crippen LogP contribution in [0.25, 0.3) is 32.4 Å². The van der Waals surface area contributed by atoms with Gasteiger partial charge in [-0.2, -0.15) is 5.10 Å². The number of aryl methyl sites for hydroxylation is 1. The van der Waals surface area contributed by atoms with E-state index in [2.05, 4.69) is 43.9 Å². The summed E-state index contributed by atoms with van der Waals surface area (Å²) in [6, 6.07) is 22.1. The van der Waals surface area contributed by atoms with Crippen LogP contribution >= 0.6 is 11.3 Å². The lowest BCUT2D eigenvalue weighted by atomic mass is 9.78. The average Bonchev–Trinajstić information content (AvgIpc) is 3.89. The number of hydrogen-bond acceptors (Lipinski definition) is 8. The number of halogens is 1. The first kappa shape index (κ1) is 32.7. The van der Waals surface area contributed by atoms with Gasteiger partial charge in [0.05, 0.1) is 53.5 Å². The van der Waals surface area contributed by atoms with Crippen molar-refractivity contribution in [3.05, 3.63) is 120 Å². The first-order chi connectivity index (χ1) is 24.8. The van der Waals surface area contributed by atoms with Gasteiger partial charge in [0.1, 0.15) is 17.2 Å². The topological polar surface area (TPSA) is 120 Å². The van der Waals surface area contributed by atoms with Crippen LogP contribution in [0.3, 0.4) is 0 Å². The van der Waals surface area contributed by atoms with E-state index >= 15 is 0 Å². The Morgan fingerprint density at radius 3 is 2.59 bits per heavy atom. The standard InChI is InChI=1S/C38H35FN8O3S/c1-23-36(24(2)47(43-23)32-11-7-6-10-30(32)39)33-22-50-15-14-45(33)38(49)26-16-28(17-26)41-37(48)27-18-29(20-40-19-27)46-21-31(42-44-46)35-13-12-34(51-35)25-8-4-3-5-9-25/h3-13,18-21,26,28,33H,14-17,22H2,1-2H3,(H,41,48). The number of thiophene rings is 1. The minimum Gasteiger partial charge on any atom is -0.377 e. The first-order valence-corrected chi connectivity index (χ1v) is 17.7. The highest BCUT2D eigenvalue weighted by molar-refractivity contribution is 7.18. The highest BCUT2D eigenvalue weighted by atomic mass is 32.1. The Kier molecular flexibility index (Phi) is 8.74. The van der Waals surface area contributed by atoms with E-state index in [9.17, 15) is 14.0 Å². The molecule has 1 N–H and O–H groups in total. The van der Waals surface area contributed by atoms with Crippen molar-refractivity contribution in [3.8, 4) is 32.4 Å². The smallest absolute Gasteiger partial charge is 0.253 e. The molecule has 1 unspecified atom stereocenters. The molecular formula is C38H35FN8O3S. The van der Waals surface area contributed by atoms with Gasteiger partial charge in [-0.1, -0.05) is 47.7 Å². The summed E-state index contributed by atoms with van der Waals surface area (Å²) < 4.78 is 23.7. The number of carbonyl (C=O) groups is 2. The highest BCUT2D eigenvalue weighted by Crippen LogP contribution is 2.37. The Morgan fingerprint density at radius 2 is 1.76 bits per heavy atom. The van der Waals surface area contributed by atoms with E-state index in [0.717, 1.165) is 38.0 Å². The fourth-order valence-electron chi connectivity index (χ4n) is 6.96. The van der Waals surface area contributed by atoms with Crippen LogP contribution in [0.4, 0.5) is 4.39 Å². The van der Waals surface area contributed by atoms with Crippen LogP contribution in [0, 0.1) is 25.6 Å². The Labute approximate surface area is 297 Å². The van der Waals surface area contributed by atoms with Crippen molar-refractivity contribution in [1.82, 2.24) is 40.0 Å². The number of aromatic nitrogens is 6. The Bertz CT molecular complexity index is 2220. The van der Waals surface area contributed by atoms with E-state index < -0.39 is 0 Å². The van der Waals surface area contributed by atoms with Crippen LogP contribution in [0.5, 0.6) is 0 Å². The summed E-state index contributed by atoms with van der Waals surface area (Å²) in [4.78, 5) is 35.4. The Morgan fingerprint density at radius 1 is 0.980 bits per heavy atom. The summed E-state index contributed by atoms with van der Waals surface area (Å²) in [6.45, 7) is 4.99. The van der Waals surface area contributed by atoms with Gasteiger partial charge in [0.2, 0.25) is 5.91 Å². The number of para-hydroxylation sites is 1. The van der Waals surface area contributed by atoms with Crippen LogP contribution in [0.1, 0.15) is 46.2 Å². The van der Waals surface area contributed by atoms with E-state index in [4.69, 9.17) is 4.74 Å². The fourth-order valence-corrected chi connectivity index (χ4v) is 7.92. The van der Waals surface area contributed by atoms with Crippen LogP contribution in [-0.2, 0) is 9.53 Å². The Balaban J connectivity index is 0.906. The van der Waals surface area contributed by atoms with E-state index in [1.165, 1.54) is 12.3 Å². The van der Waals surface area contributed by atoms with Crippen LogP contribution in [0.15, 0.2) is 91.4 Å². The third kappa shape index (κ3) is 6.34. The normalized spacial score (nSPS) is 18.7. The molecule has 2 aliphatic rings. The molecule has 8 rings (SSSR count). The maximum absolute atomic E-state index is 14.7. The molecule has 258 valence electrons. The quantitative estimate of drug-likeness (QED) is 0.203. The number of morpholine rings is 1. The number of nitrogens with zero attached hydrogens (tertiary/aromatic N) is 7. The molecule has 6 aromatic rings. The molecule has 11 nitrogen and oxygen atoms in total. The van der Waals surface area contributed by atoms with Gasteiger partial charge in [-0.05, 0) is 62.6 Å². The predicted molar refractivity (Wildman–Crippen MR) is 190 cm³/mol. The van der Waals surface area contributed by atoms with Crippen molar-refractivity contribution in [1.29, 1.82) is 0 Å². The van der Waals surface area contributed by atoms with Crippen molar-refractivity contribution < 1.29 is 18.7 Å². The minimum absolute atomic E-state index is 0.0264. The SMILES string of the molecule is Cc1nn(-c2ccccc2F)c(C)c1C1COCCN1C(=O)C1CC(NC(=O)c2cncc(-n3cc(-c4ccc(-c5ccccc5)s4)nn3)c2)C1. The molecular weight excluding hydrogens is 668 g/mol. The second-order valence-corrected chi connectivity index (χ2v) is 14.0. The molecule has 2 fully saturated rings.